The topological polar surface area (TPSA) is 53.1 Å². The van der Waals surface area contributed by atoms with Gasteiger partial charge in [0.25, 0.3) is 0 Å². The molecule has 0 aromatic carbocycles. The summed E-state index contributed by atoms with van der Waals surface area (Å²) in [6.07, 6.45) is 5.00. The number of thioether (sulfide) groups is 1. The number of hydrogen-bond donors (Lipinski definition) is 1. The molecular formula is C11H16ClN3OS. The molecule has 0 amide bonds. The molecule has 1 aromatic heterocycles. The summed E-state index contributed by atoms with van der Waals surface area (Å²) < 4.78 is 7.91. The van der Waals surface area contributed by atoms with E-state index >= 15 is 0 Å². The maximum absolute atomic E-state index is 5.99. The smallest absolute Gasteiger partial charge is 0.164 e. The van der Waals surface area contributed by atoms with E-state index in [0.717, 1.165) is 31.6 Å². The molecule has 2 unspecified atom stereocenters. The minimum atomic E-state index is 0.0702. The average molecular weight is 274 g/mol. The molecule has 0 radical (unpaired) electrons. The minimum absolute atomic E-state index is 0.0702. The van der Waals surface area contributed by atoms with Gasteiger partial charge in [-0.15, -0.1) is 0 Å². The van der Waals surface area contributed by atoms with Crippen LogP contribution in [0, 0.1) is 0 Å². The predicted molar refractivity (Wildman–Crippen MR) is 70.5 cm³/mol. The van der Waals surface area contributed by atoms with Crippen LogP contribution in [0.5, 0.6) is 0 Å². The van der Waals surface area contributed by atoms with Gasteiger partial charge in [0.1, 0.15) is 5.02 Å². The molecule has 1 aromatic rings. The van der Waals surface area contributed by atoms with Crippen LogP contribution in [0.3, 0.4) is 0 Å². The van der Waals surface area contributed by atoms with Crippen molar-refractivity contribution in [2.24, 2.45) is 0 Å². The Balaban J connectivity index is 1.79. The van der Waals surface area contributed by atoms with Gasteiger partial charge in [-0.1, -0.05) is 11.6 Å². The van der Waals surface area contributed by atoms with Crippen molar-refractivity contribution in [3.05, 3.63) is 11.2 Å². The van der Waals surface area contributed by atoms with Gasteiger partial charge in [-0.25, -0.2) is 0 Å². The highest BCUT2D eigenvalue weighted by Crippen LogP contribution is 2.42. The third-order valence-electron chi connectivity index (χ3n) is 3.62. The summed E-state index contributed by atoms with van der Waals surface area (Å²) >= 11 is 7.94. The van der Waals surface area contributed by atoms with Crippen LogP contribution in [0.25, 0.3) is 0 Å². The molecule has 2 saturated heterocycles. The largest absolute Gasteiger partial charge is 0.381 e. The third kappa shape index (κ3) is 2.16. The van der Waals surface area contributed by atoms with Gasteiger partial charge >= 0.3 is 0 Å². The lowest BCUT2D eigenvalue weighted by molar-refractivity contribution is -0.0778. The van der Waals surface area contributed by atoms with E-state index in [1.165, 1.54) is 5.75 Å². The SMILES string of the molecule is Nc1nn(C2CCOC3(CCSC3)C2)cc1Cl. The summed E-state index contributed by atoms with van der Waals surface area (Å²) in [4.78, 5) is 0. The van der Waals surface area contributed by atoms with Gasteiger partial charge in [-0.05, 0) is 25.0 Å². The summed E-state index contributed by atoms with van der Waals surface area (Å²) in [6.45, 7) is 0.808. The number of rotatable bonds is 1. The van der Waals surface area contributed by atoms with Crippen LogP contribution in [0.1, 0.15) is 25.3 Å². The van der Waals surface area contributed by atoms with Gasteiger partial charge in [-0.3, -0.25) is 4.68 Å². The minimum Gasteiger partial charge on any atom is -0.381 e. The zero-order chi connectivity index (χ0) is 11.9. The molecule has 3 rings (SSSR count). The first kappa shape index (κ1) is 11.7. The Morgan fingerprint density at radius 2 is 2.53 bits per heavy atom. The van der Waals surface area contributed by atoms with Crippen molar-refractivity contribution in [3.8, 4) is 0 Å². The molecule has 17 heavy (non-hydrogen) atoms. The number of halogens is 1. The summed E-state index contributed by atoms with van der Waals surface area (Å²) in [5.74, 6) is 2.73. The Morgan fingerprint density at radius 1 is 1.65 bits per heavy atom. The van der Waals surface area contributed by atoms with Gasteiger partial charge < -0.3 is 10.5 Å². The van der Waals surface area contributed by atoms with Crippen molar-refractivity contribution in [1.29, 1.82) is 0 Å². The maximum atomic E-state index is 5.99. The highest BCUT2D eigenvalue weighted by atomic mass is 35.5. The van der Waals surface area contributed by atoms with Crippen molar-refractivity contribution in [3.63, 3.8) is 0 Å². The van der Waals surface area contributed by atoms with E-state index in [0.29, 0.717) is 16.9 Å². The Bertz CT molecular complexity index is 397. The molecule has 3 heterocycles. The molecule has 2 aliphatic heterocycles. The van der Waals surface area contributed by atoms with Crippen molar-refractivity contribution >= 4 is 29.2 Å². The first-order valence-electron chi connectivity index (χ1n) is 5.90. The van der Waals surface area contributed by atoms with Crippen LogP contribution < -0.4 is 5.73 Å². The van der Waals surface area contributed by atoms with E-state index < -0.39 is 0 Å². The van der Waals surface area contributed by atoms with Crippen LogP contribution in [0.4, 0.5) is 5.82 Å². The van der Waals surface area contributed by atoms with Gasteiger partial charge in [0.05, 0.1) is 11.6 Å². The number of anilines is 1. The van der Waals surface area contributed by atoms with Crippen molar-refractivity contribution in [2.45, 2.75) is 30.9 Å². The van der Waals surface area contributed by atoms with Crippen molar-refractivity contribution < 1.29 is 4.74 Å². The number of nitrogens with zero attached hydrogens (tertiary/aromatic N) is 2. The Labute approximate surface area is 110 Å². The van der Waals surface area contributed by atoms with E-state index in [4.69, 9.17) is 22.1 Å². The van der Waals surface area contributed by atoms with Crippen LogP contribution in [-0.4, -0.2) is 33.5 Å². The summed E-state index contributed by atoms with van der Waals surface area (Å²) in [6, 6.07) is 0.372. The lowest BCUT2D eigenvalue weighted by Gasteiger charge is -2.37. The summed E-state index contributed by atoms with van der Waals surface area (Å²) in [7, 11) is 0. The van der Waals surface area contributed by atoms with Crippen LogP contribution in [0.2, 0.25) is 5.02 Å². The van der Waals surface area contributed by atoms with Crippen LogP contribution in [0.15, 0.2) is 6.20 Å². The van der Waals surface area contributed by atoms with Gasteiger partial charge in [0, 0.05) is 18.6 Å². The molecule has 2 aliphatic rings. The number of ether oxygens (including phenoxy) is 1. The van der Waals surface area contributed by atoms with Crippen molar-refractivity contribution in [2.75, 3.05) is 23.8 Å². The average Bonchev–Trinajstić information content (AvgIpc) is 2.88. The Morgan fingerprint density at radius 3 is 3.18 bits per heavy atom. The first-order valence-corrected chi connectivity index (χ1v) is 7.44. The zero-order valence-corrected chi connectivity index (χ0v) is 11.1. The fraction of sp³-hybridized carbons (Fsp3) is 0.727. The van der Waals surface area contributed by atoms with Crippen molar-refractivity contribution in [1.82, 2.24) is 9.78 Å². The van der Waals surface area contributed by atoms with E-state index in [1.807, 2.05) is 22.6 Å². The Kier molecular flexibility index (Phi) is 3.00. The quantitative estimate of drug-likeness (QED) is 0.853. The van der Waals surface area contributed by atoms with Gasteiger partial charge in [-0.2, -0.15) is 16.9 Å². The number of nitrogens with two attached hydrogens (primary N) is 1. The predicted octanol–water partition coefficient (Wildman–Crippen LogP) is 2.35. The fourth-order valence-electron chi connectivity index (χ4n) is 2.66. The number of aromatic nitrogens is 2. The summed E-state index contributed by atoms with van der Waals surface area (Å²) in [5, 5.41) is 4.84. The monoisotopic (exact) mass is 273 g/mol. The molecule has 2 atom stereocenters. The lowest BCUT2D eigenvalue weighted by Crippen LogP contribution is -2.40. The summed E-state index contributed by atoms with van der Waals surface area (Å²) in [5.41, 5.74) is 5.76. The van der Waals surface area contributed by atoms with Gasteiger partial charge in [0.15, 0.2) is 5.82 Å². The molecule has 94 valence electrons. The standard InChI is InChI=1S/C11H16ClN3OS/c12-9-6-15(14-10(9)13)8-1-3-16-11(5-8)2-4-17-7-11/h6,8H,1-5,7H2,(H2,13,14). The molecule has 1 spiro atoms. The second-order valence-electron chi connectivity index (χ2n) is 4.82. The highest BCUT2D eigenvalue weighted by Gasteiger charge is 2.41. The zero-order valence-electron chi connectivity index (χ0n) is 9.56. The van der Waals surface area contributed by atoms with Gasteiger partial charge in [0.2, 0.25) is 0 Å². The van der Waals surface area contributed by atoms with Crippen LogP contribution >= 0.6 is 23.4 Å². The van der Waals surface area contributed by atoms with E-state index in [1.54, 1.807) is 0 Å². The van der Waals surface area contributed by atoms with E-state index in [9.17, 15) is 0 Å². The lowest BCUT2D eigenvalue weighted by atomic mass is 9.90. The number of hydrogen-bond acceptors (Lipinski definition) is 4. The maximum Gasteiger partial charge on any atom is 0.164 e. The van der Waals surface area contributed by atoms with Crippen LogP contribution in [-0.2, 0) is 4.74 Å². The highest BCUT2D eigenvalue weighted by molar-refractivity contribution is 7.99. The molecule has 0 bridgehead atoms. The molecule has 0 aliphatic carbocycles. The Hall–Kier alpha value is -0.390. The third-order valence-corrected chi connectivity index (χ3v) is 5.14. The molecule has 6 heteroatoms. The molecule has 2 N–H and O–H groups in total. The second kappa shape index (κ2) is 4.37. The molecule has 2 fully saturated rings. The molecule has 4 nitrogen and oxygen atoms in total. The molecule has 0 saturated carbocycles. The van der Waals surface area contributed by atoms with E-state index in [2.05, 4.69) is 5.10 Å². The molecular weight excluding hydrogens is 258 g/mol. The normalized spacial score (nSPS) is 33.4. The fourth-order valence-corrected chi connectivity index (χ4v) is 4.18. The number of nitrogen functional groups attached to an aromatic ring is 1. The first-order chi connectivity index (χ1) is 8.19. The van der Waals surface area contributed by atoms with E-state index in [-0.39, 0.29) is 5.60 Å². The second-order valence-corrected chi connectivity index (χ2v) is 6.34.